The van der Waals surface area contributed by atoms with Crippen molar-refractivity contribution in [3.63, 3.8) is 0 Å². The number of carbonyl (C=O) groups is 2. The predicted octanol–water partition coefficient (Wildman–Crippen LogP) is 4.32. The summed E-state index contributed by atoms with van der Waals surface area (Å²) < 4.78 is 22.1. The van der Waals surface area contributed by atoms with Gasteiger partial charge in [0.05, 0.1) is 0 Å². The standard InChI is InChI=1S/C4H8F2.C4H10.2CH2O3.H3N/c1-2-3-4(5)6;1-4(2)3;2*2-1(3)4;/h4H,2-3H2,1H3;4H,1-3H3;2*(H2,2,3,4);1H3. The highest BCUT2D eigenvalue weighted by atomic mass is 19.3. The maximum absolute atomic E-state index is 11.0. The zero-order valence-corrected chi connectivity index (χ0v) is 11.6. The number of rotatable bonds is 2. The molecule has 0 aromatic rings. The molecule has 0 atom stereocenters. The first-order valence-electron chi connectivity index (χ1n) is 5.09. The molecule has 0 saturated carbocycles. The van der Waals surface area contributed by atoms with Gasteiger partial charge in [-0.2, -0.15) is 0 Å². The van der Waals surface area contributed by atoms with Gasteiger partial charge in [-0.15, -0.1) is 0 Å². The first kappa shape index (κ1) is 30.4. The molecule has 9 heteroatoms. The van der Waals surface area contributed by atoms with Crippen molar-refractivity contribution in [3.05, 3.63) is 0 Å². The number of alkyl halides is 2. The van der Waals surface area contributed by atoms with E-state index in [2.05, 4.69) is 20.8 Å². The molecule has 0 heterocycles. The molecule has 0 aliphatic rings. The Bertz CT molecular complexity index is 168. The first-order chi connectivity index (χ1) is 7.97. The van der Waals surface area contributed by atoms with Crippen molar-refractivity contribution in [2.75, 3.05) is 0 Å². The quantitative estimate of drug-likeness (QED) is 0.508. The average molecular weight is 293 g/mol. The topological polar surface area (TPSA) is 150 Å². The van der Waals surface area contributed by atoms with Crippen molar-refractivity contribution in [3.8, 4) is 0 Å². The van der Waals surface area contributed by atoms with Crippen LogP contribution in [0.15, 0.2) is 0 Å². The number of hydrogen-bond donors (Lipinski definition) is 5. The van der Waals surface area contributed by atoms with E-state index >= 15 is 0 Å². The molecule has 0 aromatic carbocycles. The number of carboxylic acid groups (broad SMARTS) is 4. The maximum Gasteiger partial charge on any atom is 0.503 e. The van der Waals surface area contributed by atoms with Crippen LogP contribution in [0.4, 0.5) is 18.4 Å². The van der Waals surface area contributed by atoms with E-state index in [1.54, 1.807) is 6.92 Å². The second kappa shape index (κ2) is 25.3. The molecule has 0 bridgehead atoms. The molecule has 0 aliphatic heterocycles. The molecule has 0 unspecified atom stereocenters. The van der Waals surface area contributed by atoms with Crippen molar-refractivity contribution in [2.24, 2.45) is 5.92 Å². The summed E-state index contributed by atoms with van der Waals surface area (Å²) in [6.07, 6.45) is -5.15. The minimum atomic E-state index is -2.10. The van der Waals surface area contributed by atoms with E-state index in [0.29, 0.717) is 6.42 Å². The van der Waals surface area contributed by atoms with Crippen molar-refractivity contribution in [2.45, 2.75) is 47.0 Å². The van der Waals surface area contributed by atoms with Crippen LogP contribution in [0.1, 0.15) is 40.5 Å². The summed E-state index contributed by atoms with van der Waals surface area (Å²) in [6, 6.07) is 0. The summed E-state index contributed by atoms with van der Waals surface area (Å²) in [5.74, 6) is 0.833. The molecule has 0 radical (unpaired) electrons. The zero-order valence-electron chi connectivity index (χ0n) is 11.6. The van der Waals surface area contributed by atoms with E-state index in [-0.39, 0.29) is 12.6 Å². The Morgan fingerprint density at radius 3 is 1.11 bits per heavy atom. The maximum atomic E-state index is 11.0. The Hall–Kier alpha value is -1.64. The van der Waals surface area contributed by atoms with Crippen LogP contribution in [0, 0.1) is 5.92 Å². The highest BCUT2D eigenvalue weighted by molar-refractivity contribution is 5.53. The summed E-state index contributed by atoms with van der Waals surface area (Å²) in [5, 5.41) is 27.9. The van der Waals surface area contributed by atoms with Crippen molar-refractivity contribution < 1.29 is 38.8 Å². The predicted molar refractivity (Wildman–Crippen MR) is 67.8 cm³/mol. The molecule has 0 aromatic heterocycles. The molecule has 0 amide bonds. The van der Waals surface area contributed by atoms with Gasteiger partial charge in [0.15, 0.2) is 0 Å². The van der Waals surface area contributed by atoms with Crippen LogP contribution < -0.4 is 6.15 Å². The van der Waals surface area contributed by atoms with Gasteiger partial charge >= 0.3 is 12.3 Å². The molecule has 0 spiro atoms. The van der Waals surface area contributed by atoms with Crippen LogP contribution in [0.25, 0.3) is 0 Å². The van der Waals surface area contributed by atoms with Gasteiger partial charge in [0.1, 0.15) is 0 Å². The second-order valence-corrected chi connectivity index (χ2v) is 3.48. The second-order valence-electron chi connectivity index (χ2n) is 3.48. The lowest BCUT2D eigenvalue weighted by molar-refractivity contribution is 0.135. The number of halogens is 2. The molecule has 0 fully saturated rings. The van der Waals surface area contributed by atoms with Gasteiger partial charge in [0.2, 0.25) is 6.43 Å². The fraction of sp³-hybridized carbons (Fsp3) is 0.800. The third-order valence-electron chi connectivity index (χ3n) is 0.507. The van der Waals surface area contributed by atoms with Crippen LogP contribution in [0.3, 0.4) is 0 Å². The van der Waals surface area contributed by atoms with Crippen LogP contribution in [-0.2, 0) is 0 Å². The molecule has 7 nitrogen and oxygen atoms in total. The molecule has 0 aliphatic carbocycles. The highest BCUT2D eigenvalue weighted by Gasteiger charge is 1.95. The molecular weight excluding hydrogens is 268 g/mol. The van der Waals surface area contributed by atoms with E-state index in [1.165, 1.54) is 0 Å². The van der Waals surface area contributed by atoms with Gasteiger partial charge in [-0.3, -0.25) is 0 Å². The van der Waals surface area contributed by atoms with E-state index in [1.807, 2.05) is 0 Å². The van der Waals surface area contributed by atoms with Gasteiger partial charge in [-0.05, 0) is 5.92 Å². The fourth-order valence-corrected chi connectivity index (χ4v) is 0.218. The Morgan fingerprint density at radius 1 is 0.947 bits per heavy atom. The fourth-order valence-electron chi connectivity index (χ4n) is 0.218. The smallest absolute Gasteiger partial charge is 0.450 e. The minimum Gasteiger partial charge on any atom is -0.450 e. The Balaban J connectivity index is -0.0000000459. The lowest BCUT2D eigenvalue weighted by Gasteiger charge is -1.87. The lowest BCUT2D eigenvalue weighted by atomic mass is 10.3. The Morgan fingerprint density at radius 2 is 1.11 bits per heavy atom. The van der Waals surface area contributed by atoms with E-state index in [9.17, 15) is 8.78 Å². The van der Waals surface area contributed by atoms with Gasteiger partial charge in [-0.1, -0.05) is 34.1 Å². The third-order valence-corrected chi connectivity index (χ3v) is 0.507. The SMILES string of the molecule is CC(C)C.CCCC(F)F.N.O=C(O)O.O=C(O)O. The van der Waals surface area contributed by atoms with Crippen LogP contribution in [0.2, 0.25) is 0 Å². The molecule has 0 saturated heterocycles. The van der Waals surface area contributed by atoms with Gasteiger partial charge in [0.25, 0.3) is 0 Å². The normalized spacial score (nSPS) is 7.58. The highest BCUT2D eigenvalue weighted by Crippen LogP contribution is 1.99. The van der Waals surface area contributed by atoms with E-state index < -0.39 is 18.7 Å². The van der Waals surface area contributed by atoms with Crippen molar-refractivity contribution >= 4 is 12.3 Å². The van der Waals surface area contributed by atoms with Crippen molar-refractivity contribution in [1.82, 2.24) is 6.15 Å². The van der Waals surface area contributed by atoms with Crippen LogP contribution in [-0.4, -0.2) is 39.2 Å². The van der Waals surface area contributed by atoms with Gasteiger partial charge < -0.3 is 26.6 Å². The number of hydrogen-bond acceptors (Lipinski definition) is 3. The lowest BCUT2D eigenvalue weighted by Crippen LogP contribution is -1.85. The summed E-state index contributed by atoms with van der Waals surface area (Å²) in [4.78, 5) is 17.1. The largest absolute Gasteiger partial charge is 0.503 e. The van der Waals surface area contributed by atoms with Gasteiger partial charge in [-0.25, -0.2) is 18.4 Å². The summed E-state index contributed by atoms with van der Waals surface area (Å²) in [5.41, 5.74) is 0. The van der Waals surface area contributed by atoms with Gasteiger partial charge in [0, 0.05) is 6.42 Å². The summed E-state index contributed by atoms with van der Waals surface area (Å²) in [7, 11) is 0. The molecular formula is C10H25F2NO6. The molecule has 120 valence electrons. The Labute approximate surface area is 111 Å². The average Bonchev–Trinajstić information content (AvgIpc) is 1.98. The van der Waals surface area contributed by atoms with Crippen molar-refractivity contribution in [1.29, 1.82) is 0 Å². The van der Waals surface area contributed by atoms with E-state index in [4.69, 9.17) is 30.0 Å². The third kappa shape index (κ3) is 1820. The van der Waals surface area contributed by atoms with Crippen LogP contribution >= 0.6 is 0 Å². The minimum absolute atomic E-state index is 0. The summed E-state index contributed by atoms with van der Waals surface area (Å²) >= 11 is 0. The van der Waals surface area contributed by atoms with E-state index in [0.717, 1.165) is 5.92 Å². The molecule has 7 N–H and O–H groups in total. The Kier molecular flexibility index (Phi) is 40.4. The molecule has 0 rings (SSSR count). The summed E-state index contributed by atoms with van der Waals surface area (Å²) in [6.45, 7) is 8.24. The monoisotopic (exact) mass is 293 g/mol. The first-order valence-corrected chi connectivity index (χ1v) is 5.09. The van der Waals surface area contributed by atoms with Crippen LogP contribution in [0.5, 0.6) is 0 Å². The molecule has 19 heavy (non-hydrogen) atoms. The zero-order chi connectivity index (χ0) is 15.7.